The molecule has 0 fully saturated rings. The zero-order valence-corrected chi connectivity index (χ0v) is 17.4. The van der Waals surface area contributed by atoms with Crippen molar-refractivity contribution in [3.8, 4) is 11.5 Å². The second kappa shape index (κ2) is 9.43. The van der Waals surface area contributed by atoms with E-state index in [2.05, 4.69) is 5.32 Å². The van der Waals surface area contributed by atoms with Crippen LogP contribution in [0.4, 0.5) is 5.00 Å². The number of carbonyl (C=O) groups excluding carboxylic acids is 2. The average Bonchev–Trinajstić information content (AvgIpc) is 3.11. The minimum absolute atomic E-state index is 0.344. The molecule has 1 N–H and O–H groups in total. The first-order valence-corrected chi connectivity index (χ1v) is 10.1. The molecule has 29 heavy (non-hydrogen) atoms. The van der Waals surface area contributed by atoms with Gasteiger partial charge < -0.3 is 19.5 Å². The van der Waals surface area contributed by atoms with Crippen molar-refractivity contribution in [3.63, 3.8) is 0 Å². The molecule has 1 heterocycles. The molecule has 1 aromatic heterocycles. The number of unbranched alkanes of at least 4 members (excludes halogenated alkanes) is 1. The number of carbonyl (C=O) groups is 2. The first-order chi connectivity index (χ1) is 14.1. The molecule has 0 saturated carbocycles. The maximum atomic E-state index is 12.9. The number of esters is 1. The van der Waals surface area contributed by atoms with Crippen molar-refractivity contribution in [1.29, 1.82) is 0 Å². The molecule has 7 heteroatoms. The fourth-order valence-electron chi connectivity index (χ4n) is 2.87. The molecule has 0 spiro atoms. The fraction of sp³-hybridized carbons (Fsp3) is 0.273. The topological polar surface area (TPSA) is 73.9 Å². The standard InChI is InChI=1S/C22H23NO5S/c1-4-5-12-28-22(25)19-16-8-6-7-9-18(16)29-21(19)23-20(24)15-11-10-14(26-2)13-17(15)27-3/h6-11,13H,4-5,12H2,1-3H3,(H,23,24). The molecule has 0 unspecified atom stereocenters. The highest BCUT2D eigenvalue weighted by molar-refractivity contribution is 7.23. The summed E-state index contributed by atoms with van der Waals surface area (Å²) in [6.07, 6.45) is 1.72. The minimum atomic E-state index is -0.437. The Bertz CT molecular complexity index is 1030. The van der Waals surface area contributed by atoms with E-state index >= 15 is 0 Å². The van der Waals surface area contributed by atoms with E-state index < -0.39 is 5.97 Å². The summed E-state index contributed by atoms with van der Waals surface area (Å²) in [6, 6.07) is 12.5. The number of nitrogens with one attached hydrogen (secondary N) is 1. The molecule has 3 aromatic rings. The number of hydrogen-bond donors (Lipinski definition) is 1. The van der Waals surface area contributed by atoms with Gasteiger partial charge in [-0.25, -0.2) is 4.79 Å². The normalized spacial score (nSPS) is 10.6. The number of hydrogen-bond acceptors (Lipinski definition) is 6. The van der Waals surface area contributed by atoms with Crippen molar-refractivity contribution in [1.82, 2.24) is 0 Å². The smallest absolute Gasteiger partial charge is 0.341 e. The van der Waals surface area contributed by atoms with Gasteiger partial charge in [-0.1, -0.05) is 31.5 Å². The predicted octanol–water partition coefficient (Wildman–Crippen LogP) is 5.13. The molecule has 0 radical (unpaired) electrons. The fourth-order valence-corrected chi connectivity index (χ4v) is 3.96. The second-order valence-electron chi connectivity index (χ2n) is 6.31. The summed E-state index contributed by atoms with van der Waals surface area (Å²) < 4.78 is 16.8. The number of amides is 1. The maximum absolute atomic E-state index is 12.9. The van der Waals surface area contributed by atoms with Gasteiger partial charge in [0.1, 0.15) is 22.1 Å². The van der Waals surface area contributed by atoms with Gasteiger partial charge in [0.05, 0.1) is 26.4 Å². The Labute approximate surface area is 173 Å². The van der Waals surface area contributed by atoms with Gasteiger partial charge >= 0.3 is 5.97 Å². The summed E-state index contributed by atoms with van der Waals surface area (Å²) in [7, 11) is 3.03. The zero-order chi connectivity index (χ0) is 20.8. The van der Waals surface area contributed by atoms with E-state index in [9.17, 15) is 9.59 Å². The first kappa shape index (κ1) is 20.7. The molecule has 0 atom stereocenters. The van der Waals surface area contributed by atoms with Crippen LogP contribution in [-0.4, -0.2) is 32.7 Å². The second-order valence-corrected chi connectivity index (χ2v) is 7.36. The molecule has 3 rings (SSSR count). The van der Waals surface area contributed by atoms with Crippen molar-refractivity contribution in [3.05, 3.63) is 53.6 Å². The molecule has 152 valence electrons. The van der Waals surface area contributed by atoms with Crippen LogP contribution in [0.5, 0.6) is 11.5 Å². The van der Waals surface area contributed by atoms with Crippen molar-refractivity contribution in [2.24, 2.45) is 0 Å². The van der Waals surface area contributed by atoms with Gasteiger partial charge in [0, 0.05) is 16.2 Å². The van der Waals surface area contributed by atoms with E-state index in [1.54, 1.807) is 25.3 Å². The van der Waals surface area contributed by atoms with E-state index in [0.29, 0.717) is 34.2 Å². The highest BCUT2D eigenvalue weighted by Crippen LogP contribution is 2.37. The third kappa shape index (κ3) is 4.51. The van der Waals surface area contributed by atoms with Crippen molar-refractivity contribution >= 4 is 38.3 Å². The van der Waals surface area contributed by atoms with Gasteiger partial charge in [0.15, 0.2) is 0 Å². The Kier molecular flexibility index (Phi) is 6.72. The van der Waals surface area contributed by atoms with Crippen LogP contribution < -0.4 is 14.8 Å². The maximum Gasteiger partial charge on any atom is 0.341 e. The predicted molar refractivity (Wildman–Crippen MR) is 115 cm³/mol. The van der Waals surface area contributed by atoms with Crippen LogP contribution in [0.2, 0.25) is 0 Å². The summed E-state index contributed by atoms with van der Waals surface area (Å²) in [4.78, 5) is 25.7. The van der Waals surface area contributed by atoms with Gasteiger partial charge in [-0.3, -0.25) is 4.79 Å². The molecular weight excluding hydrogens is 390 g/mol. The number of methoxy groups -OCH3 is 2. The monoisotopic (exact) mass is 413 g/mol. The van der Waals surface area contributed by atoms with Crippen LogP contribution >= 0.6 is 11.3 Å². The molecule has 0 bridgehead atoms. The SMILES string of the molecule is CCCCOC(=O)c1c(NC(=O)c2ccc(OC)cc2OC)sc2ccccc12. The van der Waals surface area contributed by atoms with E-state index in [1.165, 1.54) is 18.4 Å². The Morgan fingerprint density at radius 3 is 2.59 bits per heavy atom. The first-order valence-electron chi connectivity index (χ1n) is 9.31. The molecule has 0 aliphatic heterocycles. The molecule has 0 aliphatic rings. The Hall–Kier alpha value is -3.06. The van der Waals surface area contributed by atoms with Crippen molar-refractivity contribution in [2.45, 2.75) is 19.8 Å². The van der Waals surface area contributed by atoms with Gasteiger partial charge in [-0.15, -0.1) is 11.3 Å². The quantitative estimate of drug-likeness (QED) is 0.409. The molecule has 0 aliphatic carbocycles. The lowest BCUT2D eigenvalue weighted by Gasteiger charge is -2.11. The number of thiophene rings is 1. The van der Waals surface area contributed by atoms with Crippen molar-refractivity contribution < 1.29 is 23.8 Å². The Morgan fingerprint density at radius 1 is 1.07 bits per heavy atom. The molecule has 1 amide bonds. The third-order valence-electron chi connectivity index (χ3n) is 4.41. The van der Waals surface area contributed by atoms with E-state index in [1.807, 2.05) is 31.2 Å². The van der Waals surface area contributed by atoms with Crippen molar-refractivity contribution in [2.75, 3.05) is 26.1 Å². The van der Waals surface area contributed by atoms with E-state index in [4.69, 9.17) is 14.2 Å². The summed E-state index contributed by atoms with van der Waals surface area (Å²) in [6.45, 7) is 2.38. The molecule has 6 nitrogen and oxygen atoms in total. The Balaban J connectivity index is 1.94. The van der Waals surface area contributed by atoms with E-state index in [0.717, 1.165) is 22.9 Å². The lowest BCUT2D eigenvalue weighted by atomic mass is 10.1. The summed E-state index contributed by atoms with van der Waals surface area (Å²) in [5.41, 5.74) is 0.721. The lowest BCUT2D eigenvalue weighted by Crippen LogP contribution is -2.15. The van der Waals surface area contributed by atoms with Crippen LogP contribution in [0.1, 0.15) is 40.5 Å². The highest BCUT2D eigenvalue weighted by atomic mass is 32.1. The molecule has 0 saturated heterocycles. The lowest BCUT2D eigenvalue weighted by molar-refractivity contribution is 0.0503. The summed E-state index contributed by atoms with van der Waals surface area (Å²) in [5, 5.41) is 4.07. The van der Waals surface area contributed by atoms with Crippen LogP contribution in [0.25, 0.3) is 10.1 Å². The summed E-state index contributed by atoms with van der Waals surface area (Å²) in [5.74, 6) is 0.155. The van der Waals surface area contributed by atoms with Gasteiger partial charge in [-0.05, 0) is 24.6 Å². The number of benzene rings is 2. The Morgan fingerprint density at radius 2 is 1.86 bits per heavy atom. The van der Waals surface area contributed by atoms with Crippen LogP contribution in [-0.2, 0) is 4.74 Å². The number of fused-ring (bicyclic) bond motifs is 1. The molecular formula is C22H23NO5S. The average molecular weight is 413 g/mol. The van der Waals surface area contributed by atoms with Gasteiger partial charge in [0.2, 0.25) is 0 Å². The zero-order valence-electron chi connectivity index (χ0n) is 16.6. The summed E-state index contributed by atoms with van der Waals surface area (Å²) >= 11 is 1.34. The van der Waals surface area contributed by atoms with Gasteiger partial charge in [-0.2, -0.15) is 0 Å². The van der Waals surface area contributed by atoms with Crippen LogP contribution in [0.3, 0.4) is 0 Å². The minimum Gasteiger partial charge on any atom is -0.497 e. The van der Waals surface area contributed by atoms with E-state index in [-0.39, 0.29) is 5.91 Å². The number of ether oxygens (including phenoxy) is 3. The number of rotatable bonds is 8. The number of anilines is 1. The largest absolute Gasteiger partial charge is 0.497 e. The molecule has 2 aromatic carbocycles. The van der Waals surface area contributed by atoms with Crippen LogP contribution in [0, 0.1) is 0 Å². The van der Waals surface area contributed by atoms with Gasteiger partial charge in [0.25, 0.3) is 5.91 Å². The van der Waals surface area contributed by atoms with Crippen LogP contribution in [0.15, 0.2) is 42.5 Å². The highest BCUT2D eigenvalue weighted by Gasteiger charge is 2.23. The third-order valence-corrected chi connectivity index (χ3v) is 5.50.